The molecule has 26 heavy (non-hydrogen) atoms. The van der Waals surface area contributed by atoms with Gasteiger partial charge in [-0.25, -0.2) is 9.37 Å². The molecule has 1 aliphatic heterocycles. The molecule has 0 fully saturated rings. The van der Waals surface area contributed by atoms with Gasteiger partial charge in [-0.1, -0.05) is 24.3 Å². The van der Waals surface area contributed by atoms with Gasteiger partial charge >= 0.3 is 0 Å². The van der Waals surface area contributed by atoms with Crippen LogP contribution in [0.2, 0.25) is 0 Å². The van der Waals surface area contributed by atoms with Gasteiger partial charge in [0.1, 0.15) is 29.4 Å². The number of carbonyl (C=O) groups excluding carboxylic acids is 1. The van der Waals surface area contributed by atoms with E-state index in [9.17, 15) is 9.18 Å². The summed E-state index contributed by atoms with van der Waals surface area (Å²) in [6.07, 6.45) is 1.72. The van der Waals surface area contributed by atoms with Crippen molar-refractivity contribution in [2.75, 3.05) is 0 Å². The zero-order valence-corrected chi connectivity index (χ0v) is 13.6. The topological polar surface area (TPSA) is 44.1 Å². The summed E-state index contributed by atoms with van der Waals surface area (Å²) in [7, 11) is 0. The van der Waals surface area contributed by atoms with Crippen LogP contribution in [-0.2, 0) is 6.61 Å². The van der Waals surface area contributed by atoms with E-state index >= 15 is 0 Å². The fourth-order valence-electron chi connectivity index (χ4n) is 3.37. The molecule has 0 unspecified atom stereocenters. The van der Waals surface area contributed by atoms with E-state index in [1.807, 2.05) is 36.4 Å². The van der Waals surface area contributed by atoms with Crippen molar-refractivity contribution < 1.29 is 13.9 Å². The highest BCUT2D eigenvalue weighted by Crippen LogP contribution is 2.40. The monoisotopic (exact) mass is 344 g/mol. The van der Waals surface area contributed by atoms with E-state index in [1.165, 1.54) is 12.1 Å². The van der Waals surface area contributed by atoms with Gasteiger partial charge in [0.05, 0.1) is 11.2 Å². The summed E-state index contributed by atoms with van der Waals surface area (Å²) >= 11 is 0. The molecule has 0 amide bonds. The number of ether oxygens (including phenoxy) is 1. The van der Waals surface area contributed by atoms with Crippen molar-refractivity contribution in [3.63, 3.8) is 0 Å². The molecule has 4 nitrogen and oxygen atoms in total. The molecular weight excluding hydrogens is 331 g/mol. The summed E-state index contributed by atoms with van der Waals surface area (Å²) in [6.45, 7) is 0.167. The SMILES string of the molecule is O=C1c2c(nc3ccccc3c2OCc2cccc(F)c2)-c2cccn21. The van der Waals surface area contributed by atoms with Crippen molar-refractivity contribution in [3.05, 3.63) is 83.8 Å². The predicted octanol–water partition coefficient (Wildman–Crippen LogP) is 4.42. The van der Waals surface area contributed by atoms with Crippen LogP contribution in [0.4, 0.5) is 4.39 Å². The quantitative estimate of drug-likeness (QED) is 0.486. The number of hydrogen-bond donors (Lipinski definition) is 0. The molecule has 0 bridgehead atoms. The third-order valence-electron chi connectivity index (χ3n) is 4.54. The summed E-state index contributed by atoms with van der Waals surface area (Å²) in [4.78, 5) is 17.5. The molecule has 0 N–H and O–H groups in total. The summed E-state index contributed by atoms with van der Waals surface area (Å²) in [5.41, 5.74) is 3.28. The first-order valence-electron chi connectivity index (χ1n) is 8.25. The van der Waals surface area contributed by atoms with Crippen LogP contribution in [0.5, 0.6) is 5.75 Å². The average molecular weight is 344 g/mol. The van der Waals surface area contributed by atoms with E-state index in [-0.39, 0.29) is 18.3 Å². The Kier molecular flexibility index (Phi) is 3.15. The van der Waals surface area contributed by atoms with Crippen molar-refractivity contribution in [1.29, 1.82) is 0 Å². The van der Waals surface area contributed by atoms with Crippen LogP contribution in [0.3, 0.4) is 0 Å². The number of fused-ring (bicyclic) bond motifs is 4. The number of benzene rings is 2. The molecule has 0 aliphatic carbocycles. The molecule has 0 spiro atoms. The lowest BCUT2D eigenvalue weighted by Gasteiger charge is -2.13. The average Bonchev–Trinajstić information content (AvgIpc) is 3.23. The molecule has 0 saturated carbocycles. The van der Waals surface area contributed by atoms with Gasteiger partial charge in [0.2, 0.25) is 0 Å². The minimum Gasteiger partial charge on any atom is -0.487 e. The van der Waals surface area contributed by atoms with E-state index < -0.39 is 0 Å². The Morgan fingerprint density at radius 2 is 1.92 bits per heavy atom. The number of halogens is 1. The molecule has 5 heteroatoms. The molecule has 2 aromatic heterocycles. The van der Waals surface area contributed by atoms with Crippen molar-refractivity contribution >= 4 is 16.8 Å². The van der Waals surface area contributed by atoms with Crippen LogP contribution in [0.15, 0.2) is 66.9 Å². The molecule has 3 heterocycles. The van der Waals surface area contributed by atoms with Crippen LogP contribution < -0.4 is 4.74 Å². The Bertz CT molecular complexity index is 1180. The van der Waals surface area contributed by atoms with E-state index in [1.54, 1.807) is 22.9 Å². The molecule has 5 rings (SSSR count). The maximum atomic E-state index is 13.4. The van der Waals surface area contributed by atoms with E-state index in [4.69, 9.17) is 4.74 Å². The number of para-hydroxylation sites is 1. The van der Waals surface area contributed by atoms with Gasteiger partial charge in [-0.2, -0.15) is 0 Å². The van der Waals surface area contributed by atoms with E-state index in [0.717, 1.165) is 16.6 Å². The first kappa shape index (κ1) is 14.8. The molecule has 0 saturated heterocycles. The maximum absolute atomic E-state index is 13.4. The minimum atomic E-state index is -0.317. The third kappa shape index (κ3) is 2.14. The summed E-state index contributed by atoms with van der Waals surface area (Å²) in [6, 6.07) is 17.5. The van der Waals surface area contributed by atoms with Crippen LogP contribution in [0, 0.1) is 5.82 Å². The Balaban J connectivity index is 1.67. The second-order valence-electron chi connectivity index (χ2n) is 6.17. The van der Waals surface area contributed by atoms with E-state index in [0.29, 0.717) is 22.6 Å². The first-order chi connectivity index (χ1) is 12.7. The molecule has 1 aliphatic rings. The van der Waals surface area contributed by atoms with Gasteiger partial charge in [-0.15, -0.1) is 0 Å². The largest absolute Gasteiger partial charge is 0.487 e. The third-order valence-corrected chi connectivity index (χ3v) is 4.54. The molecule has 0 atom stereocenters. The fraction of sp³-hybridized carbons (Fsp3) is 0.0476. The second kappa shape index (κ2) is 5.52. The highest BCUT2D eigenvalue weighted by atomic mass is 19.1. The Morgan fingerprint density at radius 3 is 2.81 bits per heavy atom. The van der Waals surface area contributed by atoms with Crippen molar-refractivity contribution in [2.24, 2.45) is 0 Å². The summed E-state index contributed by atoms with van der Waals surface area (Å²) in [5, 5.41) is 0.766. The lowest BCUT2D eigenvalue weighted by atomic mass is 10.1. The minimum absolute atomic E-state index is 0.160. The smallest absolute Gasteiger partial charge is 0.268 e. The zero-order valence-electron chi connectivity index (χ0n) is 13.6. The molecule has 2 aromatic carbocycles. The molecule has 126 valence electrons. The second-order valence-corrected chi connectivity index (χ2v) is 6.17. The Morgan fingerprint density at radius 1 is 1.04 bits per heavy atom. The van der Waals surface area contributed by atoms with E-state index in [2.05, 4.69) is 4.98 Å². The lowest BCUT2D eigenvalue weighted by Crippen LogP contribution is -2.08. The molecule has 4 aromatic rings. The summed E-state index contributed by atoms with van der Waals surface area (Å²) < 4.78 is 21.1. The van der Waals surface area contributed by atoms with Crippen LogP contribution in [0.25, 0.3) is 22.3 Å². The normalized spacial score (nSPS) is 12.3. The molecule has 0 radical (unpaired) electrons. The zero-order chi connectivity index (χ0) is 17.7. The number of rotatable bonds is 3. The Labute approximate surface area is 148 Å². The predicted molar refractivity (Wildman–Crippen MR) is 95.6 cm³/mol. The van der Waals surface area contributed by atoms with Crippen molar-refractivity contribution in [2.45, 2.75) is 6.61 Å². The highest BCUT2D eigenvalue weighted by molar-refractivity contribution is 6.13. The Hall–Kier alpha value is -3.47. The van der Waals surface area contributed by atoms with Gasteiger partial charge in [0.15, 0.2) is 0 Å². The van der Waals surface area contributed by atoms with Crippen LogP contribution >= 0.6 is 0 Å². The van der Waals surface area contributed by atoms with Crippen molar-refractivity contribution in [1.82, 2.24) is 9.55 Å². The van der Waals surface area contributed by atoms with Gasteiger partial charge in [0.25, 0.3) is 5.91 Å². The number of nitrogens with zero attached hydrogens (tertiary/aromatic N) is 2. The highest BCUT2D eigenvalue weighted by Gasteiger charge is 2.32. The maximum Gasteiger partial charge on any atom is 0.268 e. The first-order valence-corrected chi connectivity index (χ1v) is 8.25. The van der Waals surface area contributed by atoms with Gasteiger partial charge in [-0.05, 0) is 42.0 Å². The van der Waals surface area contributed by atoms with Gasteiger partial charge in [0, 0.05) is 11.6 Å². The fourth-order valence-corrected chi connectivity index (χ4v) is 3.37. The number of hydrogen-bond acceptors (Lipinski definition) is 3. The summed E-state index contributed by atoms with van der Waals surface area (Å²) in [5.74, 6) is 0.0129. The number of carbonyl (C=O) groups is 1. The van der Waals surface area contributed by atoms with Gasteiger partial charge < -0.3 is 4.74 Å². The standard InChI is InChI=1S/C21H13FN2O2/c22-14-6-3-5-13(11-14)12-26-20-15-7-1-2-8-16(15)23-19-17-9-4-10-24(17)21(25)18(19)20/h1-11H,12H2. The van der Waals surface area contributed by atoms with Crippen molar-refractivity contribution in [3.8, 4) is 17.1 Å². The van der Waals surface area contributed by atoms with Crippen LogP contribution in [0.1, 0.15) is 15.9 Å². The number of aromatic nitrogens is 2. The molecular formula is C21H13FN2O2. The lowest BCUT2D eigenvalue weighted by molar-refractivity contribution is 0.0965. The van der Waals surface area contributed by atoms with Crippen LogP contribution in [-0.4, -0.2) is 15.5 Å². The number of pyridine rings is 1. The van der Waals surface area contributed by atoms with Gasteiger partial charge in [-0.3, -0.25) is 9.36 Å².